The van der Waals surface area contributed by atoms with Crippen LogP contribution in [0.15, 0.2) is 55.3 Å². The fraction of sp³-hybridized carbons (Fsp3) is 0.176. The van der Waals surface area contributed by atoms with E-state index in [0.29, 0.717) is 18.1 Å². The molecule has 1 amide bonds. The number of halogens is 1. The Morgan fingerprint density at radius 3 is 2.59 bits per heavy atom. The van der Waals surface area contributed by atoms with Crippen molar-refractivity contribution in [2.75, 3.05) is 18.4 Å². The first-order valence-electron chi connectivity index (χ1n) is 6.67. The van der Waals surface area contributed by atoms with Gasteiger partial charge in [-0.1, -0.05) is 29.8 Å². The fourth-order valence-electron chi connectivity index (χ4n) is 1.76. The van der Waals surface area contributed by atoms with Crippen LogP contribution in [0.5, 0.6) is 0 Å². The molecule has 0 unspecified atom stereocenters. The van der Waals surface area contributed by atoms with Gasteiger partial charge in [0.05, 0.1) is 0 Å². The van der Waals surface area contributed by atoms with Gasteiger partial charge in [0.1, 0.15) is 11.6 Å². The van der Waals surface area contributed by atoms with Crippen molar-refractivity contribution in [3.05, 3.63) is 65.9 Å². The van der Waals surface area contributed by atoms with Gasteiger partial charge in [-0.15, -0.1) is 13.2 Å². The van der Waals surface area contributed by atoms with Gasteiger partial charge in [0, 0.05) is 30.0 Å². The van der Waals surface area contributed by atoms with Crippen LogP contribution in [0.2, 0.25) is 5.02 Å². The van der Waals surface area contributed by atoms with E-state index >= 15 is 0 Å². The molecular formula is C17H18ClN3O. The molecule has 0 aliphatic rings. The molecule has 0 atom stereocenters. The zero-order chi connectivity index (χ0) is 16.5. The summed E-state index contributed by atoms with van der Waals surface area (Å²) < 4.78 is 0. The van der Waals surface area contributed by atoms with Crippen LogP contribution in [-0.4, -0.2) is 23.9 Å². The minimum atomic E-state index is -0.380. The van der Waals surface area contributed by atoms with E-state index in [4.69, 9.17) is 11.6 Å². The zero-order valence-corrected chi connectivity index (χ0v) is 13.2. The number of nitrogens with zero attached hydrogens (tertiary/aromatic N) is 2. The maximum Gasteiger partial charge on any atom is 0.266 e. The lowest BCUT2D eigenvalue weighted by atomic mass is 10.2. The van der Waals surface area contributed by atoms with Crippen LogP contribution < -0.4 is 5.32 Å². The maximum atomic E-state index is 12.3. The van der Waals surface area contributed by atoms with E-state index in [0.717, 1.165) is 11.3 Å². The summed E-state index contributed by atoms with van der Waals surface area (Å²) in [6, 6.07) is 7.27. The summed E-state index contributed by atoms with van der Waals surface area (Å²) in [6.45, 7) is 9.81. The van der Waals surface area contributed by atoms with Crippen LogP contribution >= 0.6 is 11.6 Å². The molecule has 0 spiro atoms. The van der Waals surface area contributed by atoms with Gasteiger partial charge in [-0.25, -0.2) is 0 Å². The smallest absolute Gasteiger partial charge is 0.266 e. The number of aryl methyl sites for hydroxylation is 1. The summed E-state index contributed by atoms with van der Waals surface area (Å²) in [5.74, 6) is -0.380. The predicted molar refractivity (Wildman–Crippen MR) is 90.5 cm³/mol. The lowest BCUT2D eigenvalue weighted by Gasteiger charge is -2.18. The van der Waals surface area contributed by atoms with Gasteiger partial charge in [0.2, 0.25) is 0 Å². The third-order valence-corrected chi connectivity index (χ3v) is 3.14. The van der Waals surface area contributed by atoms with Gasteiger partial charge in [0.25, 0.3) is 5.91 Å². The lowest BCUT2D eigenvalue weighted by molar-refractivity contribution is -0.125. The van der Waals surface area contributed by atoms with Gasteiger partial charge in [-0.3, -0.25) is 4.79 Å². The molecule has 0 fully saturated rings. The predicted octanol–water partition coefficient (Wildman–Crippen LogP) is 3.67. The van der Waals surface area contributed by atoms with E-state index in [2.05, 4.69) is 18.5 Å². The van der Waals surface area contributed by atoms with Crippen LogP contribution in [0.4, 0.5) is 5.69 Å². The van der Waals surface area contributed by atoms with Crippen molar-refractivity contribution in [1.82, 2.24) is 4.90 Å². The molecule has 0 heterocycles. The Hall–Kier alpha value is -2.51. The molecule has 4 nitrogen and oxygen atoms in total. The van der Waals surface area contributed by atoms with E-state index in [-0.39, 0.29) is 11.5 Å². The average molecular weight is 316 g/mol. The number of carbonyl (C=O) groups excluding carboxylic acids is 1. The Balaban J connectivity index is 2.96. The molecule has 114 valence electrons. The molecule has 0 aliphatic carbocycles. The van der Waals surface area contributed by atoms with Crippen LogP contribution in [-0.2, 0) is 4.79 Å². The van der Waals surface area contributed by atoms with Crippen molar-refractivity contribution >= 4 is 23.2 Å². The molecule has 1 aromatic rings. The van der Waals surface area contributed by atoms with Crippen LogP contribution in [0, 0.1) is 18.3 Å². The average Bonchev–Trinajstić information content (AvgIpc) is 2.50. The highest BCUT2D eigenvalue weighted by Crippen LogP contribution is 2.20. The second-order valence-corrected chi connectivity index (χ2v) is 5.00. The first-order chi connectivity index (χ1) is 10.5. The highest BCUT2D eigenvalue weighted by atomic mass is 35.5. The van der Waals surface area contributed by atoms with Gasteiger partial charge >= 0.3 is 0 Å². The fourth-order valence-corrected chi connectivity index (χ4v) is 1.94. The minimum absolute atomic E-state index is 0.00285. The standard InChI is InChI=1S/C17H18ClN3O/c1-4-8-21(9-5-2)17(22)14(11-19)12-20-16-10-15(18)7-6-13(16)3/h4-7,10,12,20H,1-2,8-9H2,3H3/b14-12-. The van der Waals surface area contributed by atoms with Crippen molar-refractivity contribution < 1.29 is 4.79 Å². The van der Waals surface area contributed by atoms with Crippen molar-refractivity contribution in [2.24, 2.45) is 0 Å². The Bertz CT molecular complexity index is 634. The van der Waals surface area contributed by atoms with E-state index in [9.17, 15) is 10.1 Å². The largest absolute Gasteiger partial charge is 0.360 e. The summed E-state index contributed by atoms with van der Waals surface area (Å²) in [7, 11) is 0. The number of carbonyl (C=O) groups is 1. The number of nitriles is 1. The summed E-state index contributed by atoms with van der Waals surface area (Å²) in [4.78, 5) is 13.8. The number of anilines is 1. The number of hydrogen-bond acceptors (Lipinski definition) is 3. The molecule has 5 heteroatoms. The van der Waals surface area contributed by atoms with Gasteiger partial charge in [-0.2, -0.15) is 5.26 Å². The third-order valence-electron chi connectivity index (χ3n) is 2.91. The molecule has 22 heavy (non-hydrogen) atoms. The Labute approximate surface area is 136 Å². The summed E-state index contributed by atoms with van der Waals surface area (Å²) in [5, 5.41) is 12.7. The van der Waals surface area contributed by atoms with Crippen molar-refractivity contribution in [1.29, 1.82) is 5.26 Å². The number of amides is 1. The monoisotopic (exact) mass is 315 g/mol. The van der Waals surface area contributed by atoms with Crippen molar-refractivity contribution in [2.45, 2.75) is 6.92 Å². The Morgan fingerprint density at radius 1 is 1.41 bits per heavy atom. The SMILES string of the molecule is C=CCN(CC=C)C(=O)/C(C#N)=C\Nc1cc(Cl)ccc1C. The van der Waals surface area contributed by atoms with Gasteiger partial charge in [-0.05, 0) is 24.6 Å². The molecule has 0 aliphatic heterocycles. The molecule has 1 rings (SSSR count). The second kappa shape index (κ2) is 8.71. The zero-order valence-electron chi connectivity index (χ0n) is 12.5. The normalized spacial score (nSPS) is 10.5. The number of nitrogens with one attached hydrogen (secondary N) is 1. The molecule has 0 aromatic heterocycles. The quantitative estimate of drug-likeness (QED) is 0.474. The highest BCUT2D eigenvalue weighted by molar-refractivity contribution is 6.30. The first kappa shape index (κ1) is 17.5. The summed E-state index contributed by atoms with van der Waals surface area (Å²) >= 11 is 5.94. The molecule has 0 radical (unpaired) electrons. The lowest BCUT2D eigenvalue weighted by Crippen LogP contribution is -2.32. The number of hydrogen-bond donors (Lipinski definition) is 1. The van der Waals surface area contributed by atoms with Crippen LogP contribution in [0.3, 0.4) is 0 Å². The first-order valence-corrected chi connectivity index (χ1v) is 7.05. The van der Waals surface area contributed by atoms with Crippen LogP contribution in [0.1, 0.15) is 5.56 Å². The van der Waals surface area contributed by atoms with E-state index in [1.54, 1.807) is 24.3 Å². The molecule has 0 saturated carbocycles. The Morgan fingerprint density at radius 2 is 2.05 bits per heavy atom. The molecule has 1 N–H and O–H groups in total. The highest BCUT2D eigenvalue weighted by Gasteiger charge is 2.16. The molecular weight excluding hydrogens is 298 g/mol. The third kappa shape index (κ3) is 4.80. The minimum Gasteiger partial charge on any atom is -0.360 e. The topological polar surface area (TPSA) is 56.1 Å². The van der Waals surface area contributed by atoms with E-state index in [1.807, 2.05) is 19.1 Å². The van der Waals surface area contributed by atoms with Crippen LogP contribution in [0.25, 0.3) is 0 Å². The number of benzene rings is 1. The van der Waals surface area contributed by atoms with Crippen molar-refractivity contribution in [3.8, 4) is 6.07 Å². The maximum absolute atomic E-state index is 12.3. The van der Waals surface area contributed by atoms with Gasteiger partial charge in [0.15, 0.2) is 0 Å². The molecule has 0 saturated heterocycles. The second-order valence-electron chi connectivity index (χ2n) is 4.56. The van der Waals surface area contributed by atoms with E-state index < -0.39 is 0 Å². The number of rotatable bonds is 7. The van der Waals surface area contributed by atoms with Crippen molar-refractivity contribution in [3.63, 3.8) is 0 Å². The molecule has 0 bridgehead atoms. The summed E-state index contributed by atoms with van der Waals surface area (Å²) in [6.07, 6.45) is 4.59. The summed E-state index contributed by atoms with van der Waals surface area (Å²) in [5.41, 5.74) is 1.70. The van der Waals surface area contributed by atoms with Gasteiger partial charge < -0.3 is 10.2 Å². The van der Waals surface area contributed by atoms with E-state index in [1.165, 1.54) is 11.1 Å². The Kier molecular flexibility index (Phi) is 6.94. The molecule has 1 aromatic carbocycles.